The van der Waals surface area contributed by atoms with E-state index in [0.717, 1.165) is 12.0 Å². The normalized spacial score (nSPS) is 21.5. The van der Waals surface area contributed by atoms with Crippen molar-refractivity contribution < 1.29 is 13.2 Å². The zero-order valence-corrected chi connectivity index (χ0v) is 15.6. The van der Waals surface area contributed by atoms with Gasteiger partial charge in [0.25, 0.3) is 0 Å². The highest BCUT2D eigenvalue weighted by atomic mass is 79.9. The molecule has 3 rings (SSSR count). The van der Waals surface area contributed by atoms with Gasteiger partial charge in [0.1, 0.15) is 0 Å². The lowest BCUT2D eigenvalue weighted by Gasteiger charge is -2.21. The smallest absolute Gasteiger partial charge is 0.244 e. The van der Waals surface area contributed by atoms with Crippen molar-refractivity contribution in [2.24, 2.45) is 11.7 Å². The molecule has 23 heavy (non-hydrogen) atoms. The predicted molar refractivity (Wildman–Crippen MR) is 94.3 cm³/mol. The van der Waals surface area contributed by atoms with Crippen LogP contribution in [0.25, 0.3) is 0 Å². The van der Waals surface area contributed by atoms with Crippen molar-refractivity contribution in [2.45, 2.75) is 24.2 Å². The highest BCUT2D eigenvalue weighted by molar-refractivity contribution is 9.10. The van der Waals surface area contributed by atoms with Gasteiger partial charge in [0, 0.05) is 29.7 Å². The third-order valence-corrected chi connectivity index (χ3v) is 7.08. The second kappa shape index (κ2) is 7.06. The van der Waals surface area contributed by atoms with Crippen molar-refractivity contribution in [1.82, 2.24) is 4.31 Å². The number of hydrogen-bond acceptors (Lipinski definition) is 4. The van der Waals surface area contributed by atoms with Gasteiger partial charge in [-0.25, -0.2) is 8.42 Å². The summed E-state index contributed by atoms with van der Waals surface area (Å²) in [6.07, 6.45) is 1.84. The topological polar surface area (TPSA) is 92.5 Å². The fraction of sp³-hybridized carbons (Fsp3) is 0.500. The molecule has 1 atom stereocenters. The van der Waals surface area contributed by atoms with Crippen LogP contribution < -0.4 is 11.1 Å². The van der Waals surface area contributed by atoms with E-state index in [0.29, 0.717) is 42.6 Å². The number of halogens is 2. The van der Waals surface area contributed by atoms with Gasteiger partial charge in [0.15, 0.2) is 0 Å². The highest BCUT2D eigenvalue weighted by Crippen LogP contribution is 2.34. The Morgan fingerprint density at radius 3 is 2.74 bits per heavy atom. The van der Waals surface area contributed by atoms with E-state index in [4.69, 9.17) is 5.73 Å². The van der Waals surface area contributed by atoms with Crippen molar-refractivity contribution in [1.29, 1.82) is 0 Å². The minimum absolute atomic E-state index is 0. The number of rotatable bonds is 3. The van der Waals surface area contributed by atoms with E-state index in [1.807, 2.05) is 0 Å². The molecule has 1 unspecified atom stereocenters. The van der Waals surface area contributed by atoms with Crippen molar-refractivity contribution in [3.8, 4) is 0 Å². The van der Waals surface area contributed by atoms with Gasteiger partial charge in [-0.1, -0.05) is 0 Å². The molecule has 0 bridgehead atoms. The summed E-state index contributed by atoms with van der Waals surface area (Å²) in [5, 5.41) is 2.75. The summed E-state index contributed by atoms with van der Waals surface area (Å²) in [7, 11) is -3.58. The maximum Gasteiger partial charge on any atom is 0.244 e. The number of nitrogens with one attached hydrogen (secondary N) is 1. The summed E-state index contributed by atoms with van der Waals surface area (Å²) >= 11 is 3.36. The van der Waals surface area contributed by atoms with Crippen LogP contribution in [0.2, 0.25) is 0 Å². The van der Waals surface area contributed by atoms with Crippen LogP contribution in [0.5, 0.6) is 0 Å². The lowest BCUT2D eigenvalue weighted by atomic mass is 10.0. The van der Waals surface area contributed by atoms with E-state index in [2.05, 4.69) is 21.2 Å². The highest BCUT2D eigenvalue weighted by Gasteiger charge is 2.34. The zero-order valence-electron chi connectivity index (χ0n) is 12.4. The number of anilines is 1. The Morgan fingerprint density at radius 1 is 1.35 bits per heavy atom. The Kier molecular flexibility index (Phi) is 5.73. The largest absolute Gasteiger partial charge is 0.330 e. The Bertz CT molecular complexity index is 726. The molecule has 1 fully saturated rings. The van der Waals surface area contributed by atoms with E-state index in [1.54, 1.807) is 12.1 Å². The molecule has 0 aromatic heterocycles. The Balaban J connectivity index is 0.00000192. The fourth-order valence-electron chi connectivity index (χ4n) is 2.92. The van der Waals surface area contributed by atoms with Gasteiger partial charge in [-0.05, 0) is 58.9 Å². The number of aryl methyl sites for hydroxylation is 1. The molecule has 1 saturated heterocycles. The minimum Gasteiger partial charge on any atom is -0.330 e. The standard InChI is InChI=1S/C14H18BrN3O3S.ClH/c15-11-5-10-1-2-14(19)17-12(10)6-13(11)22(20,21)18-4-3-9(7-16)8-18;/h5-6,9H,1-4,7-8,16H2,(H,17,19);1H. The van der Waals surface area contributed by atoms with Crippen LogP contribution in [-0.2, 0) is 21.2 Å². The maximum absolute atomic E-state index is 12.8. The first-order valence-corrected chi connectivity index (χ1v) is 9.47. The lowest BCUT2D eigenvalue weighted by Crippen LogP contribution is -2.30. The molecule has 0 radical (unpaired) electrons. The second-order valence-corrected chi connectivity index (χ2v) is 8.50. The summed E-state index contributed by atoms with van der Waals surface area (Å²) < 4.78 is 27.7. The number of amides is 1. The Hall–Kier alpha value is -0.670. The van der Waals surface area contributed by atoms with Gasteiger partial charge in [0.05, 0.1) is 4.90 Å². The average Bonchev–Trinajstić information content (AvgIpc) is 2.96. The SMILES string of the molecule is Cl.NCC1CCN(S(=O)(=O)c2cc3c(cc2Br)CCC(=O)N3)C1. The number of carbonyl (C=O) groups excluding carboxylic acids is 1. The molecule has 0 spiro atoms. The van der Waals surface area contributed by atoms with Crippen molar-refractivity contribution in [3.05, 3.63) is 22.2 Å². The monoisotopic (exact) mass is 423 g/mol. The van der Waals surface area contributed by atoms with Crippen LogP contribution in [0.4, 0.5) is 5.69 Å². The van der Waals surface area contributed by atoms with Gasteiger partial charge >= 0.3 is 0 Å². The molecule has 3 N–H and O–H groups in total. The summed E-state index contributed by atoms with van der Waals surface area (Å²) in [5.41, 5.74) is 7.18. The van der Waals surface area contributed by atoms with E-state index in [1.165, 1.54) is 4.31 Å². The molecule has 6 nitrogen and oxygen atoms in total. The van der Waals surface area contributed by atoms with Crippen LogP contribution in [0.3, 0.4) is 0 Å². The van der Waals surface area contributed by atoms with Gasteiger partial charge < -0.3 is 11.1 Å². The lowest BCUT2D eigenvalue weighted by molar-refractivity contribution is -0.116. The molecular formula is C14H19BrClN3O3S. The number of sulfonamides is 1. The van der Waals surface area contributed by atoms with Gasteiger partial charge in [-0.2, -0.15) is 4.31 Å². The summed E-state index contributed by atoms with van der Waals surface area (Å²) in [5.74, 6) is 0.133. The number of benzene rings is 1. The quantitative estimate of drug-likeness (QED) is 0.773. The summed E-state index contributed by atoms with van der Waals surface area (Å²) in [6.45, 7) is 1.43. The molecule has 128 valence electrons. The van der Waals surface area contributed by atoms with E-state index >= 15 is 0 Å². The average molecular weight is 425 g/mol. The Labute approximate surface area is 150 Å². The van der Waals surface area contributed by atoms with Crippen LogP contribution in [0.15, 0.2) is 21.5 Å². The van der Waals surface area contributed by atoms with E-state index < -0.39 is 10.0 Å². The first kappa shape index (κ1) is 18.7. The number of carbonyl (C=O) groups is 1. The molecule has 2 aliphatic rings. The molecule has 9 heteroatoms. The molecule has 2 heterocycles. The first-order chi connectivity index (χ1) is 10.4. The van der Waals surface area contributed by atoms with Gasteiger partial charge in [0.2, 0.25) is 15.9 Å². The third-order valence-electron chi connectivity index (χ3n) is 4.25. The first-order valence-electron chi connectivity index (χ1n) is 7.24. The number of fused-ring (bicyclic) bond motifs is 1. The molecule has 1 aromatic carbocycles. The molecule has 1 amide bonds. The predicted octanol–water partition coefficient (Wildman–Crippen LogP) is 1.72. The molecule has 1 aromatic rings. The van der Waals surface area contributed by atoms with E-state index in [-0.39, 0.29) is 29.1 Å². The number of nitrogens with two attached hydrogens (primary N) is 1. The minimum atomic E-state index is -3.58. The molecule has 0 saturated carbocycles. The molecular weight excluding hydrogens is 406 g/mol. The summed E-state index contributed by atoms with van der Waals surface area (Å²) in [4.78, 5) is 11.7. The summed E-state index contributed by atoms with van der Waals surface area (Å²) in [6, 6.07) is 3.35. The third kappa shape index (κ3) is 3.56. The van der Waals surface area contributed by atoms with Crippen molar-refractivity contribution in [3.63, 3.8) is 0 Å². The molecule has 2 aliphatic heterocycles. The van der Waals surface area contributed by atoms with Crippen molar-refractivity contribution in [2.75, 3.05) is 25.0 Å². The second-order valence-electron chi connectivity index (χ2n) is 5.74. The van der Waals surface area contributed by atoms with E-state index in [9.17, 15) is 13.2 Å². The van der Waals surface area contributed by atoms with Crippen LogP contribution in [0, 0.1) is 5.92 Å². The van der Waals surface area contributed by atoms with Crippen LogP contribution >= 0.6 is 28.3 Å². The zero-order chi connectivity index (χ0) is 15.9. The van der Waals surface area contributed by atoms with Crippen LogP contribution in [-0.4, -0.2) is 38.3 Å². The van der Waals surface area contributed by atoms with Gasteiger partial charge in [-0.3, -0.25) is 4.79 Å². The number of hydrogen-bond donors (Lipinski definition) is 2. The fourth-order valence-corrected chi connectivity index (χ4v) is 5.53. The van der Waals surface area contributed by atoms with Crippen LogP contribution in [0.1, 0.15) is 18.4 Å². The maximum atomic E-state index is 12.8. The van der Waals surface area contributed by atoms with Gasteiger partial charge in [-0.15, -0.1) is 12.4 Å². The van der Waals surface area contributed by atoms with Crippen molar-refractivity contribution >= 4 is 50.0 Å². The number of nitrogens with zero attached hydrogens (tertiary/aromatic N) is 1. The Morgan fingerprint density at radius 2 is 2.09 bits per heavy atom. The molecule has 0 aliphatic carbocycles.